The quantitative estimate of drug-likeness (QED) is 0.647. The van der Waals surface area contributed by atoms with Crippen LogP contribution in [-0.4, -0.2) is 29.9 Å². The Labute approximate surface area is 138 Å². The first-order valence-electron chi connectivity index (χ1n) is 6.91. The molecule has 0 amide bonds. The van der Waals surface area contributed by atoms with Crippen LogP contribution in [0.25, 0.3) is 6.08 Å². The number of nitrogens with one attached hydrogen (secondary N) is 2. The zero-order chi connectivity index (χ0) is 15.3. The van der Waals surface area contributed by atoms with E-state index in [2.05, 4.69) is 32.7 Å². The van der Waals surface area contributed by atoms with Crippen LogP contribution in [0, 0.1) is 0 Å². The lowest BCUT2D eigenvalue weighted by atomic mass is 10.2. The normalized spacial score (nSPS) is 17.5. The number of halogens is 1. The standard InChI is InChI=1S/C15H15ClN5S/c1-21(2)13(16)6-10-14(17-7-18-15(10)21)20-9-3-4-11-12(5-9)22-8-19-11/h3-7,19H,8H2,1-2H3,(H,17,18,20)/q+1. The fourth-order valence-corrected chi connectivity index (χ4v) is 3.72. The van der Waals surface area contributed by atoms with Crippen LogP contribution in [0.4, 0.5) is 23.0 Å². The number of thioether (sulfide) groups is 1. The average molecular weight is 333 g/mol. The third-order valence-corrected chi connectivity index (χ3v) is 5.39. The Bertz CT molecular complexity index is 803. The van der Waals surface area contributed by atoms with E-state index in [9.17, 15) is 0 Å². The minimum Gasteiger partial charge on any atom is -0.375 e. The summed E-state index contributed by atoms with van der Waals surface area (Å²) in [5.74, 6) is 2.61. The number of anilines is 3. The van der Waals surface area contributed by atoms with Crippen molar-refractivity contribution in [2.24, 2.45) is 0 Å². The van der Waals surface area contributed by atoms with Gasteiger partial charge in [-0.25, -0.2) is 9.47 Å². The van der Waals surface area contributed by atoms with E-state index in [4.69, 9.17) is 11.6 Å². The second-order valence-corrected chi connectivity index (χ2v) is 7.09. The highest BCUT2D eigenvalue weighted by Crippen LogP contribution is 2.41. The molecule has 0 saturated carbocycles. The molecule has 1 aromatic heterocycles. The van der Waals surface area contributed by atoms with E-state index in [-0.39, 0.29) is 0 Å². The third kappa shape index (κ3) is 2.06. The summed E-state index contributed by atoms with van der Waals surface area (Å²) in [7, 11) is 4.03. The third-order valence-electron chi connectivity index (χ3n) is 3.92. The number of nitrogens with zero attached hydrogens (tertiary/aromatic N) is 3. The Balaban J connectivity index is 1.72. The van der Waals surface area contributed by atoms with Gasteiger partial charge in [-0.3, -0.25) is 0 Å². The van der Waals surface area contributed by atoms with Crippen molar-refractivity contribution in [1.29, 1.82) is 0 Å². The second kappa shape index (κ2) is 4.87. The fourth-order valence-electron chi connectivity index (χ4n) is 2.64. The highest BCUT2D eigenvalue weighted by atomic mass is 35.5. The van der Waals surface area contributed by atoms with E-state index in [1.807, 2.05) is 26.2 Å². The van der Waals surface area contributed by atoms with Gasteiger partial charge in [-0.15, -0.1) is 11.8 Å². The lowest BCUT2D eigenvalue weighted by molar-refractivity contribution is 0.521. The topological polar surface area (TPSA) is 49.8 Å². The van der Waals surface area contributed by atoms with E-state index in [1.165, 1.54) is 10.6 Å². The van der Waals surface area contributed by atoms with Gasteiger partial charge in [0.1, 0.15) is 17.7 Å². The van der Waals surface area contributed by atoms with Crippen LogP contribution in [0.3, 0.4) is 0 Å². The van der Waals surface area contributed by atoms with Crippen LogP contribution in [0.15, 0.2) is 34.6 Å². The van der Waals surface area contributed by atoms with Crippen molar-refractivity contribution in [2.75, 3.05) is 30.6 Å². The van der Waals surface area contributed by atoms with Gasteiger partial charge in [0.05, 0.1) is 20.0 Å². The van der Waals surface area contributed by atoms with Gasteiger partial charge in [0, 0.05) is 22.3 Å². The number of benzene rings is 1. The molecule has 1 aromatic carbocycles. The van der Waals surface area contributed by atoms with Crippen LogP contribution in [0.2, 0.25) is 0 Å². The molecule has 7 heteroatoms. The van der Waals surface area contributed by atoms with Crippen molar-refractivity contribution in [3.8, 4) is 0 Å². The number of aromatic nitrogens is 2. The SMILES string of the molecule is C[N+]1(C)C(Cl)=Cc2c(Nc3ccc4c(c3)SCN4)ncnc21. The summed E-state index contributed by atoms with van der Waals surface area (Å²) in [5.41, 5.74) is 3.14. The monoisotopic (exact) mass is 332 g/mol. The summed E-state index contributed by atoms with van der Waals surface area (Å²) in [6, 6.07) is 6.27. The molecule has 4 rings (SSSR count). The molecule has 0 unspecified atom stereocenters. The molecule has 2 aromatic rings. The van der Waals surface area contributed by atoms with Crippen molar-refractivity contribution in [1.82, 2.24) is 14.5 Å². The molecular weight excluding hydrogens is 318 g/mol. The maximum absolute atomic E-state index is 6.35. The zero-order valence-corrected chi connectivity index (χ0v) is 13.8. The molecule has 112 valence electrons. The van der Waals surface area contributed by atoms with Crippen molar-refractivity contribution in [3.05, 3.63) is 35.2 Å². The first kappa shape index (κ1) is 13.9. The molecule has 5 nitrogen and oxygen atoms in total. The number of fused-ring (bicyclic) bond motifs is 2. The van der Waals surface area contributed by atoms with Gasteiger partial charge in [-0.05, 0) is 29.8 Å². The molecule has 0 spiro atoms. The summed E-state index contributed by atoms with van der Waals surface area (Å²) in [6.07, 6.45) is 3.51. The predicted octanol–water partition coefficient (Wildman–Crippen LogP) is 3.81. The summed E-state index contributed by atoms with van der Waals surface area (Å²) in [5, 5.41) is 7.45. The first-order valence-corrected chi connectivity index (χ1v) is 8.27. The van der Waals surface area contributed by atoms with Crippen LogP contribution >= 0.6 is 23.4 Å². The van der Waals surface area contributed by atoms with Crippen LogP contribution in [0.1, 0.15) is 5.56 Å². The van der Waals surface area contributed by atoms with Crippen molar-refractivity contribution in [2.45, 2.75) is 4.90 Å². The maximum atomic E-state index is 6.35. The molecule has 2 aliphatic heterocycles. The minimum atomic E-state index is 0.443. The Kier molecular flexibility index (Phi) is 3.07. The number of rotatable bonds is 2. The van der Waals surface area contributed by atoms with Gasteiger partial charge in [0.15, 0.2) is 0 Å². The average Bonchev–Trinajstić information content (AvgIpc) is 3.04. The number of hydrogen-bond acceptors (Lipinski definition) is 5. The van der Waals surface area contributed by atoms with Crippen molar-refractivity contribution < 1.29 is 0 Å². The fraction of sp³-hybridized carbons (Fsp3) is 0.200. The lowest BCUT2D eigenvalue weighted by Crippen LogP contribution is -2.35. The highest BCUT2D eigenvalue weighted by molar-refractivity contribution is 7.99. The van der Waals surface area contributed by atoms with E-state index in [0.29, 0.717) is 4.48 Å². The Morgan fingerprint density at radius 3 is 3.05 bits per heavy atom. The van der Waals surface area contributed by atoms with Gasteiger partial charge >= 0.3 is 0 Å². The van der Waals surface area contributed by atoms with Crippen LogP contribution in [0.5, 0.6) is 0 Å². The molecule has 2 aliphatic rings. The van der Waals surface area contributed by atoms with Gasteiger partial charge < -0.3 is 10.6 Å². The van der Waals surface area contributed by atoms with E-state index >= 15 is 0 Å². The summed E-state index contributed by atoms with van der Waals surface area (Å²) >= 11 is 8.15. The Hall–Kier alpha value is -1.76. The Morgan fingerprint density at radius 2 is 2.18 bits per heavy atom. The van der Waals surface area contributed by atoms with E-state index in [0.717, 1.165) is 33.9 Å². The number of quaternary nitrogens is 1. The molecule has 0 fully saturated rings. The van der Waals surface area contributed by atoms with Crippen LogP contribution in [-0.2, 0) is 0 Å². The number of hydrogen-bond donors (Lipinski definition) is 2. The Morgan fingerprint density at radius 1 is 1.32 bits per heavy atom. The smallest absolute Gasteiger partial charge is 0.245 e. The van der Waals surface area contributed by atoms with Crippen molar-refractivity contribution >= 4 is 52.4 Å². The molecule has 2 N–H and O–H groups in total. The molecule has 22 heavy (non-hydrogen) atoms. The maximum Gasteiger partial charge on any atom is 0.245 e. The largest absolute Gasteiger partial charge is 0.375 e. The summed E-state index contributed by atoms with van der Waals surface area (Å²) in [4.78, 5) is 10.0. The molecule has 0 saturated heterocycles. The highest BCUT2D eigenvalue weighted by Gasteiger charge is 2.36. The van der Waals surface area contributed by atoms with Gasteiger partial charge in [-0.1, -0.05) is 0 Å². The second-order valence-electron chi connectivity index (χ2n) is 5.68. The van der Waals surface area contributed by atoms with Gasteiger partial charge in [0.2, 0.25) is 11.0 Å². The minimum absolute atomic E-state index is 0.443. The molecule has 0 aliphatic carbocycles. The molecule has 0 radical (unpaired) electrons. The summed E-state index contributed by atoms with van der Waals surface area (Å²) in [6.45, 7) is 0. The van der Waals surface area contributed by atoms with Crippen LogP contribution < -0.4 is 15.1 Å². The predicted molar refractivity (Wildman–Crippen MR) is 93.6 cm³/mol. The molecular formula is C15H15ClN5S+. The lowest BCUT2D eigenvalue weighted by Gasteiger charge is -2.22. The summed E-state index contributed by atoms with van der Waals surface area (Å²) < 4.78 is 0.443. The zero-order valence-electron chi connectivity index (χ0n) is 12.2. The van der Waals surface area contributed by atoms with Crippen molar-refractivity contribution in [3.63, 3.8) is 0 Å². The van der Waals surface area contributed by atoms with Gasteiger partial charge in [0.25, 0.3) is 0 Å². The van der Waals surface area contributed by atoms with Gasteiger partial charge in [-0.2, -0.15) is 4.98 Å². The molecule has 0 bridgehead atoms. The first-order chi connectivity index (χ1) is 10.6. The molecule has 0 atom stereocenters. The van der Waals surface area contributed by atoms with E-state index in [1.54, 1.807) is 18.1 Å². The molecule has 3 heterocycles. The van der Waals surface area contributed by atoms with E-state index < -0.39 is 0 Å².